The Morgan fingerprint density at radius 1 is 0.950 bits per heavy atom. The summed E-state index contributed by atoms with van der Waals surface area (Å²) in [4.78, 5) is 2.57. The van der Waals surface area contributed by atoms with Crippen molar-refractivity contribution < 1.29 is 0 Å². The fraction of sp³-hybridized carbons (Fsp3) is 0.333. The summed E-state index contributed by atoms with van der Waals surface area (Å²) in [6.45, 7) is 3.48. The number of benzene rings is 2. The molecule has 0 aliphatic carbocycles. The van der Waals surface area contributed by atoms with Crippen molar-refractivity contribution in [2.75, 3.05) is 18.8 Å². The molecular weight excluding hydrogens is 244 g/mol. The van der Waals surface area contributed by atoms with Crippen LogP contribution in [0.3, 0.4) is 0 Å². The van der Waals surface area contributed by atoms with E-state index in [1.165, 1.54) is 42.6 Å². The zero-order valence-corrected chi connectivity index (χ0v) is 11.9. The van der Waals surface area contributed by atoms with Gasteiger partial charge in [-0.25, -0.2) is 0 Å². The maximum Gasteiger partial charge on any atom is 0.0314 e. The number of anilines is 1. The van der Waals surface area contributed by atoms with Crippen molar-refractivity contribution in [1.29, 1.82) is 0 Å². The molecule has 0 unspecified atom stereocenters. The minimum atomic E-state index is 0.849. The fourth-order valence-electron chi connectivity index (χ4n) is 2.94. The SMILES string of the molecule is Nc1ccc(CCCN2CCc3ccccc3C2)cc1. The van der Waals surface area contributed by atoms with E-state index >= 15 is 0 Å². The lowest BCUT2D eigenvalue weighted by Crippen LogP contribution is -2.31. The minimum Gasteiger partial charge on any atom is -0.399 e. The van der Waals surface area contributed by atoms with Gasteiger partial charge in [-0.3, -0.25) is 4.90 Å². The van der Waals surface area contributed by atoms with Crippen molar-refractivity contribution in [2.24, 2.45) is 0 Å². The van der Waals surface area contributed by atoms with E-state index in [1.54, 1.807) is 0 Å². The van der Waals surface area contributed by atoms with Crippen LogP contribution >= 0.6 is 0 Å². The number of nitrogen functional groups attached to an aromatic ring is 1. The first-order valence-corrected chi connectivity index (χ1v) is 7.45. The van der Waals surface area contributed by atoms with Crippen LogP contribution in [0.2, 0.25) is 0 Å². The Bertz CT molecular complexity index is 560. The van der Waals surface area contributed by atoms with E-state index < -0.39 is 0 Å². The Morgan fingerprint density at radius 3 is 2.50 bits per heavy atom. The first-order valence-electron chi connectivity index (χ1n) is 7.45. The molecule has 1 heterocycles. The van der Waals surface area contributed by atoms with Gasteiger partial charge in [0.05, 0.1) is 0 Å². The van der Waals surface area contributed by atoms with Crippen molar-refractivity contribution >= 4 is 5.69 Å². The third-order valence-corrected chi connectivity index (χ3v) is 4.13. The average Bonchev–Trinajstić information content (AvgIpc) is 2.49. The monoisotopic (exact) mass is 266 g/mol. The van der Waals surface area contributed by atoms with Gasteiger partial charge < -0.3 is 5.73 Å². The highest BCUT2D eigenvalue weighted by Gasteiger charge is 2.14. The van der Waals surface area contributed by atoms with Crippen LogP contribution < -0.4 is 5.73 Å². The maximum absolute atomic E-state index is 5.71. The standard InChI is InChI=1S/C18H22N2/c19-18-9-7-15(8-10-18)4-3-12-20-13-11-16-5-1-2-6-17(16)14-20/h1-2,5-10H,3-4,11-14,19H2. The second kappa shape index (κ2) is 6.10. The fourth-order valence-corrected chi connectivity index (χ4v) is 2.94. The number of hydrogen-bond donors (Lipinski definition) is 1. The molecule has 2 heteroatoms. The van der Waals surface area contributed by atoms with E-state index in [0.29, 0.717) is 0 Å². The summed E-state index contributed by atoms with van der Waals surface area (Å²) in [5, 5.41) is 0. The molecule has 2 N–H and O–H groups in total. The van der Waals surface area contributed by atoms with Gasteiger partial charge in [-0.2, -0.15) is 0 Å². The van der Waals surface area contributed by atoms with Crippen LogP contribution in [0.25, 0.3) is 0 Å². The van der Waals surface area contributed by atoms with Crippen LogP contribution in [-0.2, 0) is 19.4 Å². The highest BCUT2D eigenvalue weighted by Crippen LogP contribution is 2.18. The Hall–Kier alpha value is -1.80. The quantitative estimate of drug-likeness (QED) is 0.861. The largest absolute Gasteiger partial charge is 0.399 e. The Morgan fingerprint density at radius 2 is 1.70 bits per heavy atom. The van der Waals surface area contributed by atoms with Gasteiger partial charge in [-0.15, -0.1) is 0 Å². The van der Waals surface area contributed by atoms with Crippen LogP contribution in [0.5, 0.6) is 0 Å². The van der Waals surface area contributed by atoms with Crippen molar-refractivity contribution in [3.05, 3.63) is 65.2 Å². The van der Waals surface area contributed by atoms with Crippen molar-refractivity contribution in [2.45, 2.75) is 25.8 Å². The lowest BCUT2D eigenvalue weighted by Gasteiger charge is -2.28. The number of aryl methyl sites for hydroxylation is 1. The zero-order chi connectivity index (χ0) is 13.8. The van der Waals surface area contributed by atoms with Crippen molar-refractivity contribution in [3.63, 3.8) is 0 Å². The molecule has 1 aliphatic rings. The summed E-state index contributed by atoms with van der Waals surface area (Å²) < 4.78 is 0. The van der Waals surface area contributed by atoms with E-state index in [0.717, 1.165) is 18.7 Å². The van der Waals surface area contributed by atoms with Gasteiger partial charge in [0.1, 0.15) is 0 Å². The van der Waals surface area contributed by atoms with Crippen LogP contribution in [0, 0.1) is 0 Å². The first kappa shape index (κ1) is 13.2. The molecule has 2 nitrogen and oxygen atoms in total. The van der Waals surface area contributed by atoms with Crippen molar-refractivity contribution in [3.8, 4) is 0 Å². The van der Waals surface area contributed by atoms with Crippen LogP contribution in [0.4, 0.5) is 5.69 Å². The van der Waals surface area contributed by atoms with Gasteiger partial charge in [0.2, 0.25) is 0 Å². The molecule has 2 aromatic carbocycles. The molecule has 0 amide bonds. The smallest absolute Gasteiger partial charge is 0.0314 e. The van der Waals surface area contributed by atoms with Gasteiger partial charge in [-0.05, 0) is 54.6 Å². The van der Waals surface area contributed by atoms with Gasteiger partial charge in [0.25, 0.3) is 0 Å². The van der Waals surface area contributed by atoms with E-state index in [2.05, 4.69) is 41.3 Å². The van der Waals surface area contributed by atoms with Gasteiger partial charge in [0.15, 0.2) is 0 Å². The second-order valence-electron chi connectivity index (χ2n) is 5.64. The number of rotatable bonds is 4. The molecule has 0 saturated heterocycles. The van der Waals surface area contributed by atoms with Crippen LogP contribution in [0.1, 0.15) is 23.1 Å². The summed E-state index contributed by atoms with van der Waals surface area (Å²) in [7, 11) is 0. The molecule has 0 saturated carbocycles. The molecular formula is C18H22N2. The predicted molar refractivity (Wildman–Crippen MR) is 84.6 cm³/mol. The Kier molecular flexibility index (Phi) is 4.03. The molecule has 0 radical (unpaired) electrons. The molecule has 0 spiro atoms. The number of nitrogens with zero attached hydrogens (tertiary/aromatic N) is 1. The molecule has 3 rings (SSSR count). The van der Waals surface area contributed by atoms with Gasteiger partial charge >= 0.3 is 0 Å². The summed E-state index contributed by atoms with van der Waals surface area (Å²) in [5.74, 6) is 0. The lowest BCUT2D eigenvalue weighted by molar-refractivity contribution is 0.251. The summed E-state index contributed by atoms with van der Waals surface area (Å²) in [5.41, 5.74) is 11.0. The Balaban J connectivity index is 1.49. The summed E-state index contributed by atoms with van der Waals surface area (Å²) in [6, 6.07) is 17.1. The number of fused-ring (bicyclic) bond motifs is 1. The molecule has 0 fully saturated rings. The van der Waals surface area contributed by atoms with E-state index in [4.69, 9.17) is 5.73 Å². The van der Waals surface area contributed by atoms with E-state index in [-0.39, 0.29) is 0 Å². The Labute approximate surface area is 121 Å². The molecule has 0 atom stereocenters. The maximum atomic E-state index is 5.71. The third kappa shape index (κ3) is 3.20. The van der Waals surface area contributed by atoms with Gasteiger partial charge in [-0.1, -0.05) is 36.4 Å². The molecule has 2 aromatic rings. The van der Waals surface area contributed by atoms with Crippen LogP contribution in [0.15, 0.2) is 48.5 Å². The summed E-state index contributed by atoms with van der Waals surface area (Å²) in [6.07, 6.45) is 3.54. The highest BCUT2D eigenvalue weighted by atomic mass is 15.1. The second-order valence-corrected chi connectivity index (χ2v) is 5.64. The summed E-state index contributed by atoms with van der Waals surface area (Å²) >= 11 is 0. The molecule has 1 aliphatic heterocycles. The molecule has 0 aromatic heterocycles. The highest BCUT2D eigenvalue weighted by molar-refractivity contribution is 5.39. The minimum absolute atomic E-state index is 0.849. The van der Waals surface area contributed by atoms with E-state index in [9.17, 15) is 0 Å². The molecule has 20 heavy (non-hydrogen) atoms. The lowest BCUT2D eigenvalue weighted by atomic mass is 9.99. The normalized spacial score (nSPS) is 15.0. The predicted octanol–water partition coefficient (Wildman–Crippen LogP) is 3.26. The molecule has 104 valence electrons. The van der Waals surface area contributed by atoms with Crippen molar-refractivity contribution in [1.82, 2.24) is 4.90 Å². The van der Waals surface area contributed by atoms with E-state index in [1.807, 2.05) is 12.1 Å². The number of nitrogens with two attached hydrogens (primary N) is 1. The zero-order valence-electron chi connectivity index (χ0n) is 11.9. The average molecular weight is 266 g/mol. The third-order valence-electron chi connectivity index (χ3n) is 4.13. The van der Waals surface area contributed by atoms with Gasteiger partial charge in [0, 0.05) is 18.8 Å². The molecule has 0 bridgehead atoms. The van der Waals surface area contributed by atoms with Crippen LogP contribution in [-0.4, -0.2) is 18.0 Å². The topological polar surface area (TPSA) is 29.3 Å². The first-order chi connectivity index (χ1) is 9.81. The number of hydrogen-bond acceptors (Lipinski definition) is 2.